The number of fused-ring (bicyclic) bond motifs is 1. The first-order valence-electron chi connectivity index (χ1n) is 9.21. The van der Waals surface area contributed by atoms with Crippen LogP contribution in [-0.2, 0) is 16.1 Å². The molecular weight excluding hydrogens is 344 g/mol. The Labute approximate surface area is 158 Å². The lowest BCUT2D eigenvalue weighted by Crippen LogP contribution is -2.28. The second kappa shape index (κ2) is 7.70. The molecule has 0 spiro atoms. The summed E-state index contributed by atoms with van der Waals surface area (Å²) in [7, 11) is 0. The molecule has 2 aromatic carbocycles. The van der Waals surface area contributed by atoms with Crippen LogP contribution in [0.15, 0.2) is 48.5 Å². The van der Waals surface area contributed by atoms with Crippen molar-refractivity contribution in [3.8, 4) is 11.5 Å². The molecule has 0 bridgehead atoms. The molecule has 2 heterocycles. The van der Waals surface area contributed by atoms with Crippen molar-refractivity contribution in [2.75, 3.05) is 25.1 Å². The monoisotopic (exact) mass is 366 g/mol. The van der Waals surface area contributed by atoms with Crippen LogP contribution in [0.2, 0.25) is 0 Å². The minimum atomic E-state index is -0.350. The van der Waals surface area contributed by atoms with E-state index in [-0.39, 0.29) is 24.2 Å². The predicted molar refractivity (Wildman–Crippen MR) is 101 cm³/mol. The standard InChI is InChI=1S/C21H22N2O4/c24-20-11-16(14-23(20)13-15-5-2-1-3-6-15)21(25)22-17-7-8-18-19(12-17)27-10-4-9-26-18/h1-3,5-8,12,16H,4,9-11,13-14H2,(H,22,25)/t16-/m1/s1. The second-order valence-corrected chi connectivity index (χ2v) is 6.86. The van der Waals surface area contributed by atoms with Gasteiger partial charge in [-0.3, -0.25) is 9.59 Å². The van der Waals surface area contributed by atoms with Crippen molar-refractivity contribution in [1.82, 2.24) is 4.90 Å². The van der Waals surface area contributed by atoms with E-state index in [0.717, 1.165) is 12.0 Å². The minimum absolute atomic E-state index is 0.0117. The molecule has 0 saturated carbocycles. The van der Waals surface area contributed by atoms with Crippen molar-refractivity contribution in [3.63, 3.8) is 0 Å². The molecule has 6 heteroatoms. The first-order chi connectivity index (χ1) is 13.2. The predicted octanol–water partition coefficient (Wildman–Crippen LogP) is 2.84. The molecule has 6 nitrogen and oxygen atoms in total. The van der Waals surface area contributed by atoms with Crippen LogP contribution in [0.25, 0.3) is 0 Å². The van der Waals surface area contributed by atoms with Gasteiger partial charge in [0.25, 0.3) is 0 Å². The summed E-state index contributed by atoms with van der Waals surface area (Å²) >= 11 is 0. The number of likely N-dealkylation sites (tertiary alicyclic amines) is 1. The highest BCUT2D eigenvalue weighted by atomic mass is 16.5. The lowest BCUT2D eigenvalue weighted by atomic mass is 10.1. The summed E-state index contributed by atoms with van der Waals surface area (Å²) in [5.74, 6) is 0.845. The summed E-state index contributed by atoms with van der Waals surface area (Å²) in [6.45, 7) is 2.19. The number of anilines is 1. The van der Waals surface area contributed by atoms with Gasteiger partial charge in [-0.05, 0) is 17.7 Å². The number of benzene rings is 2. The maximum Gasteiger partial charge on any atom is 0.229 e. The number of hydrogen-bond donors (Lipinski definition) is 1. The van der Waals surface area contributed by atoms with Crippen LogP contribution in [0.3, 0.4) is 0 Å². The summed E-state index contributed by atoms with van der Waals surface area (Å²) < 4.78 is 11.3. The van der Waals surface area contributed by atoms with Gasteiger partial charge >= 0.3 is 0 Å². The van der Waals surface area contributed by atoms with Crippen LogP contribution < -0.4 is 14.8 Å². The van der Waals surface area contributed by atoms with Gasteiger partial charge in [-0.25, -0.2) is 0 Å². The second-order valence-electron chi connectivity index (χ2n) is 6.86. The fraction of sp³-hybridized carbons (Fsp3) is 0.333. The van der Waals surface area contributed by atoms with E-state index >= 15 is 0 Å². The van der Waals surface area contributed by atoms with E-state index in [4.69, 9.17) is 9.47 Å². The third kappa shape index (κ3) is 4.05. The topological polar surface area (TPSA) is 67.9 Å². The molecule has 1 N–H and O–H groups in total. The number of amides is 2. The van der Waals surface area contributed by atoms with Gasteiger partial charge in [0.1, 0.15) is 0 Å². The van der Waals surface area contributed by atoms with E-state index in [9.17, 15) is 9.59 Å². The molecule has 0 aliphatic carbocycles. The van der Waals surface area contributed by atoms with Crippen LogP contribution in [0.1, 0.15) is 18.4 Å². The van der Waals surface area contributed by atoms with Gasteiger partial charge < -0.3 is 19.7 Å². The van der Waals surface area contributed by atoms with Gasteiger partial charge in [0.15, 0.2) is 11.5 Å². The zero-order valence-electron chi connectivity index (χ0n) is 15.0. The van der Waals surface area contributed by atoms with Gasteiger partial charge in [-0.2, -0.15) is 0 Å². The molecule has 1 saturated heterocycles. The van der Waals surface area contributed by atoms with Gasteiger partial charge in [-0.1, -0.05) is 30.3 Å². The van der Waals surface area contributed by atoms with Gasteiger partial charge in [-0.15, -0.1) is 0 Å². The Hall–Kier alpha value is -3.02. The van der Waals surface area contributed by atoms with E-state index in [1.165, 1.54) is 0 Å². The summed E-state index contributed by atoms with van der Waals surface area (Å²) in [4.78, 5) is 26.7. The summed E-state index contributed by atoms with van der Waals surface area (Å²) in [5, 5.41) is 2.91. The summed E-state index contributed by atoms with van der Waals surface area (Å²) in [6.07, 6.45) is 1.07. The average molecular weight is 366 g/mol. The number of hydrogen-bond acceptors (Lipinski definition) is 4. The number of rotatable bonds is 4. The van der Waals surface area contributed by atoms with Crippen molar-refractivity contribution < 1.29 is 19.1 Å². The Bertz CT molecular complexity index is 837. The fourth-order valence-corrected chi connectivity index (χ4v) is 3.39. The zero-order chi connectivity index (χ0) is 18.6. The zero-order valence-corrected chi connectivity index (χ0v) is 15.0. The van der Waals surface area contributed by atoms with Crippen molar-refractivity contribution in [3.05, 3.63) is 54.1 Å². The molecule has 0 aromatic heterocycles. The molecule has 4 rings (SSSR count). The molecule has 27 heavy (non-hydrogen) atoms. The Kier molecular flexibility index (Phi) is 4.96. The number of nitrogens with zero attached hydrogens (tertiary/aromatic N) is 1. The molecule has 1 fully saturated rings. The lowest BCUT2D eigenvalue weighted by molar-refractivity contribution is -0.128. The number of carbonyl (C=O) groups excluding carboxylic acids is 2. The van der Waals surface area contributed by atoms with E-state index in [0.29, 0.717) is 43.5 Å². The SMILES string of the molecule is O=C(Nc1ccc2c(c1)OCCCO2)[C@@H]1CC(=O)N(Cc2ccccc2)C1. The molecule has 2 aliphatic heterocycles. The van der Waals surface area contributed by atoms with Crippen LogP contribution in [0.4, 0.5) is 5.69 Å². The number of carbonyl (C=O) groups is 2. The number of nitrogens with one attached hydrogen (secondary N) is 1. The Balaban J connectivity index is 1.39. The average Bonchev–Trinajstić information content (AvgIpc) is 2.89. The summed E-state index contributed by atoms with van der Waals surface area (Å²) in [5.41, 5.74) is 1.72. The molecule has 1 atom stereocenters. The van der Waals surface area contributed by atoms with Crippen LogP contribution in [0.5, 0.6) is 11.5 Å². The van der Waals surface area contributed by atoms with E-state index in [1.54, 1.807) is 23.1 Å². The van der Waals surface area contributed by atoms with Crippen molar-refractivity contribution in [2.45, 2.75) is 19.4 Å². The van der Waals surface area contributed by atoms with Crippen molar-refractivity contribution in [2.24, 2.45) is 5.92 Å². The van der Waals surface area contributed by atoms with Gasteiger partial charge in [0.05, 0.1) is 19.1 Å². The van der Waals surface area contributed by atoms with Gasteiger partial charge in [0, 0.05) is 37.7 Å². The molecular formula is C21H22N2O4. The Morgan fingerprint density at radius 2 is 1.85 bits per heavy atom. The molecule has 2 amide bonds. The minimum Gasteiger partial charge on any atom is -0.490 e. The van der Waals surface area contributed by atoms with E-state index in [1.807, 2.05) is 30.3 Å². The Morgan fingerprint density at radius 1 is 1.07 bits per heavy atom. The highest BCUT2D eigenvalue weighted by Gasteiger charge is 2.34. The molecule has 0 radical (unpaired) electrons. The highest BCUT2D eigenvalue weighted by molar-refractivity contribution is 5.97. The van der Waals surface area contributed by atoms with Crippen LogP contribution >= 0.6 is 0 Å². The molecule has 2 aliphatic rings. The highest BCUT2D eigenvalue weighted by Crippen LogP contribution is 2.32. The van der Waals surface area contributed by atoms with E-state index < -0.39 is 0 Å². The third-order valence-corrected chi connectivity index (χ3v) is 4.82. The number of ether oxygens (including phenoxy) is 2. The van der Waals surface area contributed by atoms with Crippen LogP contribution in [-0.4, -0.2) is 36.5 Å². The first kappa shape index (κ1) is 17.4. The third-order valence-electron chi connectivity index (χ3n) is 4.82. The largest absolute Gasteiger partial charge is 0.490 e. The van der Waals surface area contributed by atoms with Crippen molar-refractivity contribution in [1.29, 1.82) is 0 Å². The first-order valence-corrected chi connectivity index (χ1v) is 9.21. The fourth-order valence-electron chi connectivity index (χ4n) is 3.39. The quantitative estimate of drug-likeness (QED) is 0.904. The van der Waals surface area contributed by atoms with Crippen LogP contribution in [0, 0.1) is 5.92 Å². The smallest absolute Gasteiger partial charge is 0.229 e. The normalized spacial score (nSPS) is 18.9. The van der Waals surface area contributed by atoms with Gasteiger partial charge in [0.2, 0.25) is 11.8 Å². The maximum atomic E-state index is 12.6. The molecule has 2 aromatic rings. The lowest BCUT2D eigenvalue weighted by Gasteiger charge is -2.17. The van der Waals surface area contributed by atoms with E-state index in [2.05, 4.69) is 5.32 Å². The molecule has 0 unspecified atom stereocenters. The molecule has 140 valence electrons. The van der Waals surface area contributed by atoms with Crippen molar-refractivity contribution >= 4 is 17.5 Å². The Morgan fingerprint density at radius 3 is 2.67 bits per heavy atom. The summed E-state index contributed by atoms with van der Waals surface area (Å²) in [6, 6.07) is 15.2. The maximum absolute atomic E-state index is 12.6.